The maximum atomic E-state index is 12.7. The molecule has 78 valence electrons. The molecule has 1 aliphatic carbocycles. The molecule has 2 heterocycles. The van der Waals surface area contributed by atoms with Crippen molar-refractivity contribution in [1.82, 2.24) is 10.3 Å². The Balaban J connectivity index is 1.87. The number of pyridine rings is 1. The van der Waals surface area contributed by atoms with Crippen molar-refractivity contribution in [3.63, 3.8) is 0 Å². The lowest BCUT2D eigenvalue weighted by molar-refractivity contribution is 0.562. The molecule has 15 heavy (non-hydrogen) atoms. The second kappa shape index (κ2) is 3.42. The van der Waals surface area contributed by atoms with Gasteiger partial charge in [-0.1, -0.05) is 6.08 Å². The molecular weight excluding hydrogens is 191 g/mol. The van der Waals surface area contributed by atoms with Crippen molar-refractivity contribution in [2.75, 3.05) is 6.54 Å². The van der Waals surface area contributed by atoms with Crippen LogP contribution in [0.15, 0.2) is 24.4 Å². The third-order valence-corrected chi connectivity index (χ3v) is 3.35. The first-order chi connectivity index (χ1) is 7.33. The van der Waals surface area contributed by atoms with E-state index in [0.717, 1.165) is 18.5 Å². The molecule has 0 saturated carbocycles. The quantitative estimate of drug-likeness (QED) is 0.707. The van der Waals surface area contributed by atoms with E-state index in [2.05, 4.69) is 16.4 Å². The average molecular weight is 204 g/mol. The Kier molecular flexibility index (Phi) is 2.06. The van der Waals surface area contributed by atoms with Crippen molar-refractivity contribution in [1.29, 1.82) is 0 Å². The van der Waals surface area contributed by atoms with Gasteiger partial charge in [0.05, 0.1) is 0 Å². The number of hydrogen-bond donors (Lipinski definition) is 1. The molecule has 0 aromatic carbocycles. The molecule has 0 amide bonds. The van der Waals surface area contributed by atoms with Crippen LogP contribution in [0.5, 0.6) is 0 Å². The summed E-state index contributed by atoms with van der Waals surface area (Å²) < 4.78 is 12.7. The normalized spacial score (nSPS) is 29.0. The van der Waals surface area contributed by atoms with Gasteiger partial charge in [0, 0.05) is 12.2 Å². The highest BCUT2D eigenvalue weighted by atomic mass is 19.1. The molecule has 1 aromatic rings. The van der Waals surface area contributed by atoms with E-state index < -0.39 is 5.95 Å². The van der Waals surface area contributed by atoms with Crippen LogP contribution in [0.2, 0.25) is 0 Å². The Morgan fingerprint density at radius 2 is 2.33 bits per heavy atom. The lowest BCUT2D eigenvalue weighted by Crippen LogP contribution is -2.22. The second-order valence-electron chi connectivity index (χ2n) is 4.28. The highest BCUT2D eigenvalue weighted by molar-refractivity contribution is 5.68. The van der Waals surface area contributed by atoms with Crippen LogP contribution in [-0.2, 0) is 0 Å². The minimum Gasteiger partial charge on any atom is -0.313 e. The fourth-order valence-corrected chi connectivity index (χ4v) is 2.55. The van der Waals surface area contributed by atoms with Crippen LogP contribution in [0, 0.1) is 11.9 Å². The summed E-state index contributed by atoms with van der Waals surface area (Å²) >= 11 is 0. The fourth-order valence-electron chi connectivity index (χ4n) is 2.55. The summed E-state index contributed by atoms with van der Waals surface area (Å²) in [7, 11) is 0. The number of hydrogen-bond acceptors (Lipinski definition) is 2. The van der Waals surface area contributed by atoms with Crippen LogP contribution >= 0.6 is 0 Å². The lowest BCUT2D eigenvalue weighted by Gasteiger charge is -2.08. The molecule has 2 nitrogen and oxygen atoms in total. The smallest absolute Gasteiger partial charge is 0.212 e. The van der Waals surface area contributed by atoms with Crippen molar-refractivity contribution in [3.05, 3.63) is 35.9 Å². The Morgan fingerprint density at radius 3 is 3.07 bits per heavy atom. The molecule has 0 bridgehead atoms. The Bertz CT molecular complexity index is 397. The van der Waals surface area contributed by atoms with Crippen molar-refractivity contribution in [2.45, 2.75) is 18.9 Å². The number of nitrogens with one attached hydrogen (secondary N) is 1. The first-order valence-electron chi connectivity index (χ1n) is 5.39. The number of rotatable bonds is 1. The summed E-state index contributed by atoms with van der Waals surface area (Å²) in [4.78, 5) is 3.69. The molecule has 1 aliphatic heterocycles. The van der Waals surface area contributed by atoms with Crippen LogP contribution in [0.3, 0.4) is 0 Å². The molecule has 1 N–H and O–H groups in total. The van der Waals surface area contributed by atoms with Crippen LogP contribution in [0.4, 0.5) is 4.39 Å². The average Bonchev–Trinajstić information content (AvgIpc) is 2.78. The first kappa shape index (κ1) is 9.04. The Hall–Kier alpha value is -1.22. The van der Waals surface area contributed by atoms with Crippen molar-refractivity contribution < 1.29 is 4.39 Å². The monoisotopic (exact) mass is 204 g/mol. The molecular formula is C12H13FN2. The van der Waals surface area contributed by atoms with E-state index >= 15 is 0 Å². The second-order valence-corrected chi connectivity index (χ2v) is 4.28. The topological polar surface area (TPSA) is 24.9 Å². The molecule has 2 atom stereocenters. The fraction of sp³-hybridized carbons (Fsp3) is 0.417. The standard InChI is InChI=1S/C12H13FN2/c13-12-2-1-9(7-15-12)10-5-8-3-4-14-11(8)6-10/h1-2,5,7-8,11,14H,3-4,6H2/t8-,11+/m0/s1. The van der Waals surface area contributed by atoms with E-state index in [1.165, 1.54) is 18.1 Å². The number of halogens is 1. The van der Waals surface area contributed by atoms with E-state index in [-0.39, 0.29) is 0 Å². The number of aromatic nitrogens is 1. The summed E-state index contributed by atoms with van der Waals surface area (Å²) in [6.45, 7) is 1.13. The Morgan fingerprint density at radius 1 is 1.40 bits per heavy atom. The summed E-state index contributed by atoms with van der Waals surface area (Å²) in [5.41, 5.74) is 2.37. The first-order valence-corrected chi connectivity index (χ1v) is 5.39. The van der Waals surface area contributed by atoms with E-state index in [9.17, 15) is 4.39 Å². The maximum Gasteiger partial charge on any atom is 0.212 e. The molecule has 1 saturated heterocycles. The molecule has 3 heteroatoms. The van der Waals surface area contributed by atoms with E-state index in [1.54, 1.807) is 6.20 Å². The van der Waals surface area contributed by atoms with Crippen LogP contribution < -0.4 is 5.32 Å². The van der Waals surface area contributed by atoms with Crippen LogP contribution in [0.1, 0.15) is 18.4 Å². The van der Waals surface area contributed by atoms with Crippen LogP contribution in [0.25, 0.3) is 5.57 Å². The molecule has 3 rings (SSSR count). The zero-order valence-electron chi connectivity index (χ0n) is 8.41. The van der Waals surface area contributed by atoms with Gasteiger partial charge in [-0.2, -0.15) is 4.39 Å². The minimum absolute atomic E-state index is 0.407. The molecule has 2 aliphatic rings. The third kappa shape index (κ3) is 1.57. The number of nitrogens with zero attached hydrogens (tertiary/aromatic N) is 1. The maximum absolute atomic E-state index is 12.7. The predicted molar refractivity (Wildman–Crippen MR) is 56.7 cm³/mol. The van der Waals surface area contributed by atoms with Gasteiger partial charge in [0.1, 0.15) is 0 Å². The Labute approximate surface area is 88.2 Å². The molecule has 0 radical (unpaired) electrons. The predicted octanol–water partition coefficient (Wildman–Crippen LogP) is 1.99. The van der Waals surface area contributed by atoms with Gasteiger partial charge in [0.2, 0.25) is 5.95 Å². The summed E-state index contributed by atoms with van der Waals surface area (Å²) in [5.74, 6) is 0.265. The highest BCUT2D eigenvalue weighted by Gasteiger charge is 2.31. The van der Waals surface area contributed by atoms with Crippen molar-refractivity contribution in [2.24, 2.45) is 5.92 Å². The van der Waals surface area contributed by atoms with E-state index in [4.69, 9.17) is 0 Å². The SMILES string of the molecule is Fc1ccc(C2=C[C@@H]3CCN[C@@H]3C2)cn1. The molecule has 1 aromatic heterocycles. The van der Waals surface area contributed by atoms with Gasteiger partial charge in [-0.25, -0.2) is 4.98 Å². The van der Waals surface area contributed by atoms with E-state index in [0.29, 0.717) is 12.0 Å². The summed E-state index contributed by atoms with van der Waals surface area (Å²) in [6, 6.07) is 3.84. The van der Waals surface area contributed by atoms with Gasteiger partial charge < -0.3 is 5.32 Å². The van der Waals surface area contributed by atoms with Crippen LogP contribution in [-0.4, -0.2) is 17.6 Å². The van der Waals surface area contributed by atoms with Gasteiger partial charge in [-0.15, -0.1) is 0 Å². The van der Waals surface area contributed by atoms with E-state index in [1.807, 2.05) is 6.07 Å². The van der Waals surface area contributed by atoms with Gasteiger partial charge >= 0.3 is 0 Å². The minimum atomic E-state index is -0.407. The number of fused-ring (bicyclic) bond motifs is 1. The van der Waals surface area contributed by atoms with Crippen molar-refractivity contribution in [3.8, 4) is 0 Å². The van der Waals surface area contributed by atoms with Gasteiger partial charge in [-0.05, 0) is 48.6 Å². The molecule has 0 unspecified atom stereocenters. The van der Waals surface area contributed by atoms with Gasteiger partial charge in [-0.3, -0.25) is 0 Å². The third-order valence-electron chi connectivity index (χ3n) is 3.35. The zero-order chi connectivity index (χ0) is 10.3. The highest BCUT2D eigenvalue weighted by Crippen LogP contribution is 2.35. The summed E-state index contributed by atoms with van der Waals surface area (Å²) in [6.07, 6.45) is 6.22. The lowest BCUT2D eigenvalue weighted by atomic mass is 10.1. The summed E-state index contributed by atoms with van der Waals surface area (Å²) in [5, 5.41) is 3.48. The zero-order valence-corrected chi connectivity index (χ0v) is 8.41. The molecule has 0 spiro atoms. The van der Waals surface area contributed by atoms with Gasteiger partial charge in [0.25, 0.3) is 0 Å². The largest absolute Gasteiger partial charge is 0.313 e. The van der Waals surface area contributed by atoms with Gasteiger partial charge in [0.15, 0.2) is 0 Å². The van der Waals surface area contributed by atoms with Crippen molar-refractivity contribution >= 4 is 5.57 Å². The molecule has 1 fully saturated rings.